The van der Waals surface area contributed by atoms with E-state index in [0.29, 0.717) is 5.92 Å². The Labute approximate surface area is 114 Å². The zero-order valence-electron chi connectivity index (χ0n) is 12.1. The highest BCUT2D eigenvalue weighted by Gasteiger charge is 2.09. The van der Waals surface area contributed by atoms with E-state index in [1.807, 2.05) is 14.0 Å². The number of hydrogen-bond donors (Lipinski definition) is 2. The zero-order chi connectivity index (χ0) is 14.0. The quantitative estimate of drug-likeness (QED) is 0.886. The first-order valence-corrected chi connectivity index (χ1v) is 6.60. The molecular formula is C15H22N4. The van der Waals surface area contributed by atoms with E-state index in [2.05, 4.69) is 48.5 Å². The van der Waals surface area contributed by atoms with E-state index in [1.54, 1.807) is 4.68 Å². The molecule has 0 aliphatic rings. The summed E-state index contributed by atoms with van der Waals surface area (Å²) < 4.78 is 1.78. The maximum atomic E-state index is 5.99. The fraction of sp³-hybridized carbons (Fsp3) is 0.400. The molecule has 1 heterocycles. The Morgan fingerprint density at radius 2 is 1.89 bits per heavy atom. The lowest BCUT2D eigenvalue weighted by atomic mass is 10.0. The Hall–Kier alpha value is -1.97. The average Bonchev–Trinajstić information content (AvgIpc) is 2.62. The highest BCUT2D eigenvalue weighted by molar-refractivity contribution is 5.64. The normalized spacial score (nSPS) is 11.0. The Morgan fingerprint density at radius 3 is 2.37 bits per heavy atom. The monoisotopic (exact) mass is 258 g/mol. The van der Waals surface area contributed by atoms with E-state index in [9.17, 15) is 0 Å². The van der Waals surface area contributed by atoms with Gasteiger partial charge < -0.3 is 11.1 Å². The van der Waals surface area contributed by atoms with Gasteiger partial charge in [-0.15, -0.1) is 0 Å². The van der Waals surface area contributed by atoms with Gasteiger partial charge in [0, 0.05) is 13.6 Å². The molecule has 1 aromatic carbocycles. The third-order valence-corrected chi connectivity index (χ3v) is 3.37. The average molecular weight is 258 g/mol. The topological polar surface area (TPSA) is 55.9 Å². The zero-order valence-corrected chi connectivity index (χ0v) is 12.1. The van der Waals surface area contributed by atoms with Crippen LogP contribution in [-0.2, 0) is 13.6 Å². The lowest BCUT2D eigenvalue weighted by molar-refractivity contribution is 0.758. The molecule has 102 valence electrons. The molecule has 0 unspecified atom stereocenters. The van der Waals surface area contributed by atoms with Crippen LogP contribution in [0.1, 0.15) is 36.6 Å². The van der Waals surface area contributed by atoms with Crippen LogP contribution in [0.25, 0.3) is 0 Å². The number of benzene rings is 1. The molecule has 4 nitrogen and oxygen atoms in total. The molecule has 2 aromatic rings. The van der Waals surface area contributed by atoms with Crippen LogP contribution in [0.2, 0.25) is 0 Å². The molecular weight excluding hydrogens is 236 g/mol. The van der Waals surface area contributed by atoms with E-state index in [-0.39, 0.29) is 0 Å². The SMILES string of the molecule is Cc1nn(C)c(NCc2ccc(C(C)C)cc2)c1N. The summed E-state index contributed by atoms with van der Waals surface area (Å²) in [7, 11) is 1.90. The molecule has 2 rings (SSSR count). The van der Waals surface area contributed by atoms with Crippen molar-refractivity contribution in [3.8, 4) is 0 Å². The third-order valence-electron chi connectivity index (χ3n) is 3.37. The number of aromatic nitrogens is 2. The van der Waals surface area contributed by atoms with Crippen LogP contribution in [0, 0.1) is 6.92 Å². The van der Waals surface area contributed by atoms with Crippen molar-refractivity contribution in [3.63, 3.8) is 0 Å². The van der Waals surface area contributed by atoms with Gasteiger partial charge in [0.1, 0.15) is 5.82 Å². The number of nitrogens with one attached hydrogen (secondary N) is 1. The number of aryl methyl sites for hydroxylation is 2. The van der Waals surface area contributed by atoms with Crippen molar-refractivity contribution in [1.82, 2.24) is 9.78 Å². The van der Waals surface area contributed by atoms with E-state index >= 15 is 0 Å². The Balaban J connectivity index is 2.06. The highest BCUT2D eigenvalue weighted by Crippen LogP contribution is 2.22. The van der Waals surface area contributed by atoms with Crippen molar-refractivity contribution in [1.29, 1.82) is 0 Å². The van der Waals surface area contributed by atoms with Crippen LogP contribution in [0.15, 0.2) is 24.3 Å². The maximum absolute atomic E-state index is 5.99. The molecule has 19 heavy (non-hydrogen) atoms. The van der Waals surface area contributed by atoms with Crippen molar-refractivity contribution in [2.45, 2.75) is 33.2 Å². The first-order chi connectivity index (χ1) is 8.99. The summed E-state index contributed by atoms with van der Waals surface area (Å²) in [5.41, 5.74) is 10.2. The largest absolute Gasteiger partial charge is 0.394 e. The minimum absolute atomic E-state index is 0.567. The van der Waals surface area contributed by atoms with Crippen molar-refractivity contribution < 1.29 is 0 Å². The van der Waals surface area contributed by atoms with E-state index in [0.717, 1.165) is 23.7 Å². The number of hydrogen-bond acceptors (Lipinski definition) is 3. The van der Waals surface area contributed by atoms with Gasteiger partial charge in [0.2, 0.25) is 0 Å². The van der Waals surface area contributed by atoms with Gasteiger partial charge in [-0.2, -0.15) is 5.10 Å². The second kappa shape index (κ2) is 5.34. The minimum atomic E-state index is 0.567. The molecule has 0 radical (unpaired) electrons. The summed E-state index contributed by atoms with van der Waals surface area (Å²) in [6, 6.07) is 8.67. The minimum Gasteiger partial charge on any atom is -0.394 e. The third kappa shape index (κ3) is 2.89. The number of rotatable bonds is 4. The van der Waals surface area contributed by atoms with Crippen molar-refractivity contribution in [2.75, 3.05) is 11.1 Å². The molecule has 0 aliphatic carbocycles. The number of nitrogens with two attached hydrogens (primary N) is 1. The summed E-state index contributed by atoms with van der Waals surface area (Å²) in [5, 5.41) is 7.63. The van der Waals surface area contributed by atoms with E-state index < -0.39 is 0 Å². The second-order valence-corrected chi connectivity index (χ2v) is 5.22. The van der Waals surface area contributed by atoms with Crippen molar-refractivity contribution in [2.24, 2.45) is 7.05 Å². The first-order valence-electron chi connectivity index (χ1n) is 6.60. The van der Waals surface area contributed by atoms with E-state index in [1.165, 1.54) is 11.1 Å². The molecule has 0 amide bonds. The smallest absolute Gasteiger partial charge is 0.148 e. The molecule has 0 aliphatic heterocycles. The first kappa shape index (κ1) is 13.5. The predicted octanol–water partition coefficient (Wildman–Crippen LogP) is 3.05. The molecule has 4 heteroatoms. The van der Waals surface area contributed by atoms with Crippen molar-refractivity contribution >= 4 is 11.5 Å². The van der Waals surface area contributed by atoms with Gasteiger partial charge in [-0.25, -0.2) is 0 Å². The highest BCUT2D eigenvalue weighted by atomic mass is 15.3. The van der Waals surface area contributed by atoms with Gasteiger partial charge in [-0.3, -0.25) is 4.68 Å². The molecule has 0 bridgehead atoms. The number of nitrogen functional groups attached to an aromatic ring is 1. The summed E-state index contributed by atoms with van der Waals surface area (Å²) >= 11 is 0. The van der Waals surface area contributed by atoms with Crippen LogP contribution in [-0.4, -0.2) is 9.78 Å². The molecule has 0 saturated carbocycles. The molecule has 3 N–H and O–H groups in total. The lowest BCUT2D eigenvalue weighted by Gasteiger charge is -2.09. The van der Waals surface area contributed by atoms with Crippen LogP contribution in [0.4, 0.5) is 11.5 Å². The Kier molecular flexibility index (Phi) is 3.79. The van der Waals surface area contributed by atoms with Crippen LogP contribution >= 0.6 is 0 Å². The van der Waals surface area contributed by atoms with E-state index in [4.69, 9.17) is 5.73 Å². The summed E-state index contributed by atoms with van der Waals surface area (Å²) in [5.74, 6) is 1.45. The predicted molar refractivity (Wildman–Crippen MR) is 80.2 cm³/mol. The fourth-order valence-corrected chi connectivity index (χ4v) is 2.09. The van der Waals surface area contributed by atoms with Gasteiger partial charge in [0.25, 0.3) is 0 Å². The maximum Gasteiger partial charge on any atom is 0.148 e. The van der Waals surface area contributed by atoms with Gasteiger partial charge in [0.05, 0.1) is 11.4 Å². The van der Waals surface area contributed by atoms with Gasteiger partial charge >= 0.3 is 0 Å². The van der Waals surface area contributed by atoms with Crippen LogP contribution < -0.4 is 11.1 Å². The summed E-state index contributed by atoms with van der Waals surface area (Å²) in [6.07, 6.45) is 0. The summed E-state index contributed by atoms with van der Waals surface area (Å²) in [4.78, 5) is 0. The number of anilines is 2. The van der Waals surface area contributed by atoms with Gasteiger partial charge in [-0.05, 0) is 24.0 Å². The Bertz CT molecular complexity index is 552. The Morgan fingerprint density at radius 1 is 1.26 bits per heavy atom. The van der Waals surface area contributed by atoms with Crippen LogP contribution in [0.5, 0.6) is 0 Å². The lowest BCUT2D eigenvalue weighted by Crippen LogP contribution is -2.06. The molecule has 1 aromatic heterocycles. The second-order valence-electron chi connectivity index (χ2n) is 5.22. The molecule has 0 atom stereocenters. The molecule has 0 spiro atoms. The van der Waals surface area contributed by atoms with Crippen LogP contribution in [0.3, 0.4) is 0 Å². The summed E-state index contributed by atoms with van der Waals surface area (Å²) in [6.45, 7) is 7.07. The standard InChI is InChI=1S/C15H22N4/c1-10(2)13-7-5-12(6-8-13)9-17-15-14(16)11(3)18-19(15)4/h5-8,10,17H,9,16H2,1-4H3. The fourth-order valence-electron chi connectivity index (χ4n) is 2.09. The van der Waals surface area contributed by atoms with Gasteiger partial charge in [-0.1, -0.05) is 38.1 Å². The van der Waals surface area contributed by atoms with Gasteiger partial charge in [0.15, 0.2) is 0 Å². The molecule has 0 fully saturated rings. The number of nitrogens with zero attached hydrogens (tertiary/aromatic N) is 2. The van der Waals surface area contributed by atoms with Crippen molar-refractivity contribution in [3.05, 3.63) is 41.1 Å². The molecule has 0 saturated heterocycles.